The minimum atomic E-state index is -4.79. The van der Waals surface area contributed by atoms with Gasteiger partial charge in [-0.2, -0.15) is 0 Å². The van der Waals surface area contributed by atoms with E-state index < -0.39 is 305 Å². The van der Waals surface area contributed by atoms with Gasteiger partial charge in [0.15, 0.2) is 18.1 Å². The van der Waals surface area contributed by atoms with Gasteiger partial charge in [0.1, 0.15) is 0 Å². The monoisotopic (exact) mass is 1780 g/mol. The quantitative estimate of drug-likeness (QED) is 0.0514. The third-order valence-corrected chi connectivity index (χ3v) is 300. The van der Waals surface area contributed by atoms with Crippen LogP contribution in [0.3, 0.4) is 0 Å². The molecule has 0 saturated heterocycles. The van der Waals surface area contributed by atoms with E-state index in [2.05, 4.69) is 0 Å². The highest BCUT2D eigenvalue weighted by Gasteiger charge is 2.60. The van der Waals surface area contributed by atoms with Gasteiger partial charge in [0.25, 0.3) is 9.28 Å². The lowest BCUT2D eigenvalue weighted by atomic mass is 11.9. The van der Waals surface area contributed by atoms with Crippen LogP contribution in [-0.2, 0) is 164 Å². The van der Waals surface area contributed by atoms with Crippen LogP contribution in [0.1, 0.15) is 0 Å². The van der Waals surface area contributed by atoms with Gasteiger partial charge in [-0.3, -0.25) is 0 Å². The van der Waals surface area contributed by atoms with Crippen LogP contribution in [0.2, 0.25) is 39.3 Å². The first-order valence-corrected chi connectivity index (χ1v) is 115. The summed E-state index contributed by atoms with van der Waals surface area (Å²) in [6, 6.07) is 0. The normalized spacial score (nSPS) is 10.4. The molecule has 0 aliphatic rings. The predicted molar refractivity (Wildman–Crippen MR) is 289 cm³/mol. The van der Waals surface area contributed by atoms with Crippen molar-refractivity contribution in [3.63, 3.8) is 0 Å². The van der Waals surface area contributed by atoms with Crippen molar-refractivity contribution in [3.8, 4) is 0 Å². The van der Waals surface area contributed by atoms with Gasteiger partial charge in [-0.15, -0.1) is 0 Å². The lowest BCUT2D eigenvalue weighted by molar-refractivity contribution is 0.531. The first kappa shape index (κ1) is 83.4. The molecule has 82 heavy (non-hydrogen) atoms. The second kappa shape index (κ2) is 37.0. The molecule has 0 aromatic rings. The number of hydrogen-bond acceptors (Lipinski definition) is 37. The minimum absolute atomic E-state index is 0.930. The van der Waals surface area contributed by atoms with Crippen molar-refractivity contribution in [1.29, 1.82) is 0 Å². The second-order valence-electron chi connectivity index (χ2n) is 15.5. The van der Waals surface area contributed by atoms with Crippen molar-refractivity contribution in [2.75, 3.05) is 0 Å². The maximum atomic E-state index is 12.8. The zero-order valence-electron chi connectivity index (χ0n) is 40.8. The van der Waals surface area contributed by atoms with Gasteiger partial charge in [0.2, 0.25) is 7.83 Å². The molecule has 0 aromatic heterocycles. The number of rotatable bonds is 40. The topological polar surface area (TPSA) is 616 Å². The van der Waals surface area contributed by atoms with Crippen LogP contribution >= 0.6 is 0 Å². The lowest BCUT2D eigenvalue weighted by Crippen LogP contribution is -2.58. The van der Waals surface area contributed by atoms with Crippen LogP contribution in [-0.4, -0.2) is 305 Å². The smallest absolute Gasteiger partial charge is 0.381 e. The Morgan fingerprint density at radius 2 is 0.354 bits per heavy atom. The third kappa shape index (κ3) is 22.3. The molecule has 0 unspecified atom stereocenters. The van der Waals surface area contributed by atoms with E-state index in [-0.39, 0.29) is 0 Å². The molecule has 0 heterocycles. The Hall–Kier alpha value is 1.38. The first-order chi connectivity index (χ1) is 37.2. The Balaban J connectivity index is 5.95. The molecule has 0 aromatic carbocycles. The van der Waals surface area contributed by atoms with E-state index >= 15 is 0 Å². The summed E-state index contributed by atoms with van der Waals surface area (Å²) in [5.74, 6) is 0. The van der Waals surface area contributed by atoms with Crippen molar-refractivity contribution < 1.29 is 164 Å². The van der Waals surface area contributed by atoms with Crippen LogP contribution in [0.4, 0.5) is 0 Å². The van der Waals surface area contributed by atoms with E-state index in [9.17, 15) is 156 Å². The predicted octanol–water partition coefficient (Wildman–Crippen LogP) is -16.2. The molecule has 37 nitrogen and oxygen atoms in total. The van der Waals surface area contributed by atoms with E-state index in [1.807, 2.05) is 0 Å². The van der Waals surface area contributed by atoms with Crippen LogP contribution < -0.4 is 0 Å². The Bertz CT molecular complexity index is 3480. The molecule has 0 aliphatic carbocycles. The average Bonchev–Trinajstić information content (AvgIpc) is 3.47. The van der Waals surface area contributed by atoms with E-state index in [0.717, 1.165) is 0 Å². The van der Waals surface area contributed by atoms with E-state index in [4.69, 9.17) is 8.23 Å². The van der Waals surface area contributed by atoms with Crippen LogP contribution in [0.25, 0.3) is 0 Å². The highest BCUT2D eigenvalue weighted by atomic mass is 30.1. The molecule has 76 heteroatoms. The maximum Gasteiger partial charge on any atom is 0.381 e. The van der Waals surface area contributed by atoms with E-state index in [1.54, 1.807) is 26.2 Å². The lowest BCUT2D eigenvalue weighted by Gasteiger charge is -2.21. The summed E-state index contributed by atoms with van der Waals surface area (Å²) in [5.41, 5.74) is 0. The third-order valence-electron chi connectivity index (χ3n) is 8.48. The van der Waals surface area contributed by atoms with Gasteiger partial charge in [-0.25, -0.2) is 0 Å². The number of hydrogen-bond donors (Lipinski definition) is 0. The van der Waals surface area contributed by atoms with Gasteiger partial charge in [0, 0.05) is 0 Å². The molecule has 0 spiro atoms. The van der Waals surface area contributed by atoms with Gasteiger partial charge >= 0.3 is 270 Å². The summed E-state index contributed by atoms with van der Waals surface area (Å²) in [6.45, 7) is 9.19. The summed E-state index contributed by atoms with van der Waals surface area (Å²) in [4.78, 5) is 0. The fourth-order valence-electron chi connectivity index (χ4n) is 4.54. The molecule has 0 fully saturated rings. The molecule has 0 aliphatic heterocycles. The van der Waals surface area contributed by atoms with Gasteiger partial charge in [0.05, 0.1) is 0 Å². The summed E-state index contributed by atoms with van der Waals surface area (Å²) in [7, 11) is -165. The van der Waals surface area contributed by atoms with Crippen LogP contribution in [0.5, 0.6) is 0 Å². The molecular weight excluding hydrogens is 1760 g/mol. The molecule has 0 N–H and O–H groups in total. The van der Waals surface area contributed by atoms with Crippen LogP contribution in [0.15, 0.2) is 0 Å². The highest BCUT2D eigenvalue weighted by molar-refractivity contribution is 7.86. The minimum Gasteiger partial charge on any atom is -0.456 e. The van der Waals surface area contributed by atoms with Crippen molar-refractivity contribution in [3.05, 3.63) is 0 Å². The zero-order valence-corrected chi connectivity index (χ0v) is 80.1. The molecule has 0 saturated carbocycles. The highest BCUT2D eigenvalue weighted by Crippen LogP contribution is 2.07. The molecule has 0 atom stereocenters. The summed E-state index contributed by atoms with van der Waals surface area (Å²) in [6.07, 6.45) is 0. The Kier molecular flexibility index (Phi) is 37.7. The molecule has 422 valence electrons. The Morgan fingerprint density at radius 1 is 0.220 bits per heavy atom. The fourth-order valence-corrected chi connectivity index (χ4v) is 440. The summed E-state index contributed by atoms with van der Waals surface area (Å²) < 4.78 is 456. The SMILES string of the molecule is C[SiH](C)O[Si][Si](=O)[Si](=O)[Si](=O)[Si](=O)[Si](=O)[Si](=O)[Si](=O)[Si](=O)[Si](=O)[Si](=O)[Si](=O)[Si](=O)[Si](=O)[Si](=O)[Si](=O)[Si](=O)[Si](=O)[Si](=O)[Si](=O)[Si](=O)[Si](=O)[Si](=O)[Si](=O)[Si](=O)[Si](=O)[Si](=O)[Si](=O)[Si](=O)[Si](=O)[Si](=O)[Si](=O)[Si](=O)[Si](=O)[Si](=O)[Si](=O)[Si](C)(C)O[SiH](C)C. The second-order valence-corrected chi connectivity index (χ2v) is 200. The average molecular weight is 1780 g/mol. The fraction of sp³-hybridized carbons (Fsp3) is 1.00. The maximum absolute atomic E-state index is 12.8. The van der Waals surface area contributed by atoms with Gasteiger partial charge in [-0.1, -0.05) is 0 Å². The van der Waals surface area contributed by atoms with Gasteiger partial charge in [-0.05, 0) is 39.3 Å². The summed E-state index contributed by atoms with van der Waals surface area (Å²) in [5, 5.41) is 0. The molecular formula is C6H20O37Si39. The Labute approximate surface area is 503 Å². The Morgan fingerprint density at radius 3 is 0.488 bits per heavy atom. The molecule has 2 radical (unpaired) electrons. The molecule has 0 amide bonds. The van der Waals surface area contributed by atoms with E-state index in [0.29, 0.717) is 0 Å². The van der Waals surface area contributed by atoms with Crippen LogP contribution in [0, 0.1) is 0 Å². The molecule has 0 bridgehead atoms. The van der Waals surface area contributed by atoms with Crippen molar-refractivity contribution >= 4 is 305 Å². The van der Waals surface area contributed by atoms with Crippen molar-refractivity contribution in [2.24, 2.45) is 0 Å². The molecule has 0 rings (SSSR count). The zero-order chi connectivity index (χ0) is 65.0. The largest absolute Gasteiger partial charge is 0.456 e. The standard InChI is InChI=1S/C6H20O37Si39/c1-45(2)42-44-47(7)48(8)49(9)50(10)51(11)52(12)53(13)54(14)55(15)56(16)57(17)58(18)59(19)60(20)61(21)62(22)63(23)64(24)65(25)66(26)67(27)68(28)69(29)70(30)71(31)72(32)73(33)74(34)75(35)76(36)77(37)78(38)79(39)80(40)81(41)82(5,6)43-46(3)4/h45-46H,1-6H3. The summed E-state index contributed by atoms with van der Waals surface area (Å²) >= 11 is 0. The van der Waals surface area contributed by atoms with Gasteiger partial charge < -0.3 is 164 Å². The van der Waals surface area contributed by atoms with E-state index in [1.165, 1.54) is 13.1 Å². The first-order valence-electron chi connectivity index (χ1n) is 20.3. The van der Waals surface area contributed by atoms with Crippen molar-refractivity contribution in [1.82, 2.24) is 0 Å². The van der Waals surface area contributed by atoms with Crippen molar-refractivity contribution in [2.45, 2.75) is 39.3 Å².